The lowest BCUT2D eigenvalue weighted by Gasteiger charge is -2.17. The number of benzene rings is 2. The summed E-state index contributed by atoms with van der Waals surface area (Å²) in [7, 11) is 0. The van der Waals surface area contributed by atoms with E-state index >= 15 is 0 Å². The molecule has 4 heteroatoms. The maximum Gasteiger partial charge on any atom is 0.123 e. The molecule has 0 bridgehead atoms. The molecule has 0 amide bonds. The molecule has 98 valence electrons. The third kappa shape index (κ3) is 2.70. The molecule has 0 saturated carbocycles. The summed E-state index contributed by atoms with van der Waals surface area (Å²) in [4.78, 5) is 0. The lowest BCUT2D eigenvalue weighted by molar-refractivity contribution is 0.626. The van der Waals surface area contributed by atoms with E-state index in [-0.39, 0.29) is 11.9 Å². The fraction of sp³-hybridized carbons (Fsp3) is 0.200. The summed E-state index contributed by atoms with van der Waals surface area (Å²) in [5.74, 6) is -0.150. The molecule has 0 radical (unpaired) electrons. The Morgan fingerprint density at radius 3 is 2.79 bits per heavy atom. The van der Waals surface area contributed by atoms with Gasteiger partial charge in [-0.3, -0.25) is 0 Å². The topological polar surface area (TPSA) is 12.0 Å². The van der Waals surface area contributed by atoms with E-state index in [9.17, 15) is 4.39 Å². The molecule has 1 aliphatic carbocycles. The van der Waals surface area contributed by atoms with Crippen LogP contribution >= 0.6 is 31.9 Å². The van der Waals surface area contributed by atoms with Crippen molar-refractivity contribution in [3.63, 3.8) is 0 Å². The molecule has 0 heterocycles. The van der Waals surface area contributed by atoms with Gasteiger partial charge in [0.15, 0.2) is 0 Å². The van der Waals surface area contributed by atoms with Gasteiger partial charge in [0.1, 0.15) is 5.82 Å². The number of hydrogen-bond donors (Lipinski definition) is 1. The molecular formula is C15H12Br2FN. The van der Waals surface area contributed by atoms with E-state index in [1.165, 1.54) is 11.6 Å². The third-order valence-corrected chi connectivity index (χ3v) is 4.63. The molecule has 1 unspecified atom stereocenters. The first kappa shape index (κ1) is 13.1. The predicted molar refractivity (Wildman–Crippen MR) is 82.9 cm³/mol. The molecule has 2 aromatic rings. The van der Waals surface area contributed by atoms with E-state index < -0.39 is 0 Å². The highest BCUT2D eigenvalue weighted by atomic mass is 79.9. The second kappa shape index (κ2) is 5.25. The van der Waals surface area contributed by atoms with E-state index in [0.717, 1.165) is 33.0 Å². The number of hydrogen-bond acceptors (Lipinski definition) is 1. The first-order valence-corrected chi connectivity index (χ1v) is 7.72. The number of nitrogens with one attached hydrogen (secondary N) is 1. The van der Waals surface area contributed by atoms with Crippen LogP contribution in [0.15, 0.2) is 45.3 Å². The number of halogens is 3. The maximum absolute atomic E-state index is 13.2. The van der Waals surface area contributed by atoms with Crippen molar-refractivity contribution in [1.82, 2.24) is 0 Å². The molecule has 0 spiro atoms. The Kier molecular flexibility index (Phi) is 3.63. The third-order valence-electron chi connectivity index (χ3n) is 3.44. The van der Waals surface area contributed by atoms with Gasteiger partial charge in [-0.25, -0.2) is 4.39 Å². The van der Waals surface area contributed by atoms with Gasteiger partial charge in [-0.2, -0.15) is 0 Å². The van der Waals surface area contributed by atoms with Gasteiger partial charge in [-0.05, 0) is 70.2 Å². The second-order valence-corrected chi connectivity index (χ2v) is 6.47. The number of fused-ring (bicyclic) bond motifs is 1. The van der Waals surface area contributed by atoms with Gasteiger partial charge in [-0.15, -0.1) is 0 Å². The van der Waals surface area contributed by atoms with Crippen LogP contribution in [0.4, 0.5) is 10.1 Å². The van der Waals surface area contributed by atoms with Crippen molar-refractivity contribution in [2.24, 2.45) is 0 Å². The Morgan fingerprint density at radius 2 is 1.95 bits per heavy atom. The highest BCUT2D eigenvalue weighted by Crippen LogP contribution is 2.36. The summed E-state index contributed by atoms with van der Waals surface area (Å²) in [6.45, 7) is 0. The van der Waals surface area contributed by atoms with Crippen molar-refractivity contribution in [1.29, 1.82) is 0 Å². The minimum absolute atomic E-state index is 0.150. The number of anilines is 1. The Balaban J connectivity index is 1.88. The molecule has 0 aromatic heterocycles. The van der Waals surface area contributed by atoms with Crippen LogP contribution < -0.4 is 5.32 Å². The molecule has 0 fully saturated rings. The van der Waals surface area contributed by atoms with Crippen LogP contribution in [0.1, 0.15) is 23.6 Å². The van der Waals surface area contributed by atoms with Gasteiger partial charge in [-0.1, -0.05) is 22.0 Å². The molecule has 1 nitrogen and oxygen atoms in total. The average molecular weight is 385 g/mol. The van der Waals surface area contributed by atoms with Crippen LogP contribution in [0.25, 0.3) is 0 Å². The van der Waals surface area contributed by atoms with E-state index in [4.69, 9.17) is 0 Å². The van der Waals surface area contributed by atoms with Gasteiger partial charge in [0.25, 0.3) is 0 Å². The van der Waals surface area contributed by atoms with Gasteiger partial charge in [0.2, 0.25) is 0 Å². The van der Waals surface area contributed by atoms with Gasteiger partial charge in [0.05, 0.1) is 11.7 Å². The highest BCUT2D eigenvalue weighted by Gasteiger charge is 2.23. The summed E-state index contributed by atoms with van der Waals surface area (Å²) in [6, 6.07) is 11.4. The van der Waals surface area contributed by atoms with Crippen molar-refractivity contribution in [2.75, 3.05) is 5.32 Å². The van der Waals surface area contributed by atoms with Crippen LogP contribution in [0.2, 0.25) is 0 Å². The molecule has 19 heavy (non-hydrogen) atoms. The van der Waals surface area contributed by atoms with Crippen molar-refractivity contribution < 1.29 is 4.39 Å². The lowest BCUT2D eigenvalue weighted by atomic mass is 10.1. The monoisotopic (exact) mass is 383 g/mol. The van der Waals surface area contributed by atoms with Crippen molar-refractivity contribution in [3.8, 4) is 0 Å². The Hall–Kier alpha value is -0.870. The standard InChI is InChI=1S/C15H12Br2FN/c16-10-2-5-13(17)15(8-10)19-14-6-1-9-7-11(18)3-4-12(9)14/h2-5,7-8,14,19H,1,6H2. The largest absolute Gasteiger partial charge is 0.377 e. The quantitative estimate of drug-likeness (QED) is 0.725. The minimum Gasteiger partial charge on any atom is -0.377 e. The van der Waals surface area contributed by atoms with Gasteiger partial charge in [0, 0.05) is 8.95 Å². The molecule has 3 rings (SSSR count). The van der Waals surface area contributed by atoms with Crippen LogP contribution in [0.3, 0.4) is 0 Å². The predicted octanol–water partition coefficient (Wildman–Crippen LogP) is 5.45. The Morgan fingerprint density at radius 1 is 1.11 bits per heavy atom. The van der Waals surface area contributed by atoms with Crippen LogP contribution in [0, 0.1) is 5.82 Å². The fourth-order valence-corrected chi connectivity index (χ4v) is 3.25. The zero-order valence-corrected chi connectivity index (χ0v) is 13.3. The van der Waals surface area contributed by atoms with Crippen LogP contribution in [-0.4, -0.2) is 0 Å². The normalized spacial score (nSPS) is 17.3. The Labute approximate surface area is 128 Å². The van der Waals surface area contributed by atoms with Crippen LogP contribution in [-0.2, 0) is 6.42 Å². The molecule has 0 saturated heterocycles. The molecule has 1 atom stereocenters. The fourth-order valence-electron chi connectivity index (χ4n) is 2.53. The second-order valence-electron chi connectivity index (χ2n) is 4.70. The smallest absolute Gasteiger partial charge is 0.123 e. The molecular weight excluding hydrogens is 373 g/mol. The molecule has 2 aromatic carbocycles. The summed E-state index contributed by atoms with van der Waals surface area (Å²) in [5, 5.41) is 3.53. The van der Waals surface area contributed by atoms with Crippen molar-refractivity contribution in [3.05, 3.63) is 62.3 Å². The maximum atomic E-state index is 13.2. The van der Waals surface area contributed by atoms with Crippen molar-refractivity contribution in [2.45, 2.75) is 18.9 Å². The summed E-state index contributed by atoms with van der Waals surface area (Å²) in [5.41, 5.74) is 3.37. The van der Waals surface area contributed by atoms with E-state index in [0.29, 0.717) is 0 Å². The van der Waals surface area contributed by atoms with Crippen LogP contribution in [0.5, 0.6) is 0 Å². The highest BCUT2D eigenvalue weighted by molar-refractivity contribution is 9.11. The molecule has 0 aliphatic heterocycles. The minimum atomic E-state index is -0.150. The van der Waals surface area contributed by atoms with Gasteiger partial charge >= 0.3 is 0 Å². The molecule has 1 aliphatic rings. The number of rotatable bonds is 2. The zero-order valence-electron chi connectivity index (χ0n) is 10.1. The van der Waals surface area contributed by atoms with Gasteiger partial charge < -0.3 is 5.32 Å². The van der Waals surface area contributed by atoms with Crippen molar-refractivity contribution >= 4 is 37.5 Å². The summed E-state index contributed by atoms with van der Waals surface area (Å²) >= 11 is 7.02. The summed E-state index contributed by atoms with van der Waals surface area (Å²) < 4.78 is 15.3. The first-order valence-electron chi connectivity index (χ1n) is 6.13. The van der Waals surface area contributed by atoms with E-state index in [2.05, 4.69) is 37.2 Å². The first-order chi connectivity index (χ1) is 9.13. The average Bonchev–Trinajstić information content (AvgIpc) is 2.76. The zero-order chi connectivity index (χ0) is 13.4. The Bertz CT molecular complexity index is 628. The SMILES string of the molecule is Fc1ccc2c(c1)CCC2Nc1cc(Br)ccc1Br. The van der Waals surface area contributed by atoms with E-state index in [1.807, 2.05) is 24.3 Å². The lowest BCUT2D eigenvalue weighted by Crippen LogP contribution is -2.07. The number of aryl methyl sites for hydroxylation is 1. The van der Waals surface area contributed by atoms with E-state index in [1.54, 1.807) is 6.07 Å². The molecule has 1 N–H and O–H groups in total. The summed E-state index contributed by atoms with van der Waals surface area (Å²) in [6.07, 6.45) is 1.92.